The Balaban J connectivity index is 1.39. The molecule has 2 saturated carbocycles. The zero-order valence-corrected chi connectivity index (χ0v) is 27.6. The molecule has 2 aliphatic carbocycles. The van der Waals surface area contributed by atoms with Crippen LogP contribution in [0, 0.1) is 23.2 Å². The summed E-state index contributed by atoms with van der Waals surface area (Å²) in [4.78, 5) is 52.2. The third kappa shape index (κ3) is 7.21. The molecule has 1 saturated heterocycles. The van der Waals surface area contributed by atoms with Crippen LogP contribution in [0.4, 0.5) is 18.0 Å². The number of aryl methyl sites for hydroxylation is 1. The van der Waals surface area contributed by atoms with E-state index >= 15 is 0 Å². The topological polar surface area (TPSA) is 111 Å². The lowest BCUT2D eigenvalue weighted by Crippen LogP contribution is -2.57. The first kappa shape index (κ1) is 33.5. The largest absolute Gasteiger partial charge is 0.471 e. The summed E-state index contributed by atoms with van der Waals surface area (Å²) < 4.78 is 53.2. The Morgan fingerprint density at radius 2 is 1.66 bits per heavy atom. The van der Waals surface area contributed by atoms with Gasteiger partial charge in [-0.25, -0.2) is 14.8 Å². The van der Waals surface area contributed by atoms with Gasteiger partial charge in [0.15, 0.2) is 5.78 Å². The Bertz CT molecular complexity index is 1520. The molecule has 2 aromatic rings. The van der Waals surface area contributed by atoms with E-state index in [2.05, 4.69) is 10.3 Å². The molecule has 3 fully saturated rings. The average molecular weight is 659 g/mol. The van der Waals surface area contributed by atoms with Crippen LogP contribution in [0.2, 0.25) is 0 Å². The van der Waals surface area contributed by atoms with Crippen LogP contribution >= 0.6 is 0 Å². The third-order valence-corrected chi connectivity index (χ3v) is 10.4. The van der Waals surface area contributed by atoms with Crippen molar-refractivity contribution < 1.29 is 37.0 Å². The smallest absolute Gasteiger partial charge is 0.416 e. The van der Waals surface area contributed by atoms with E-state index in [4.69, 9.17) is 14.5 Å². The molecule has 0 spiro atoms. The highest BCUT2D eigenvalue weighted by Gasteiger charge is 2.52. The Morgan fingerprint density at radius 1 is 0.915 bits per heavy atom. The van der Waals surface area contributed by atoms with E-state index in [0.717, 1.165) is 69.9 Å². The molecular formula is C35H45F3N4O5. The van der Waals surface area contributed by atoms with E-state index in [1.54, 1.807) is 0 Å². The maximum atomic E-state index is 14.4. The molecule has 0 unspecified atom stereocenters. The van der Waals surface area contributed by atoms with Gasteiger partial charge in [0, 0.05) is 11.8 Å². The van der Waals surface area contributed by atoms with E-state index in [1.165, 1.54) is 11.0 Å². The van der Waals surface area contributed by atoms with Crippen LogP contribution in [0.1, 0.15) is 96.7 Å². The van der Waals surface area contributed by atoms with Crippen LogP contribution in [0.5, 0.6) is 5.88 Å². The molecule has 6 rings (SSSR count). The molecule has 1 aromatic heterocycles. The summed E-state index contributed by atoms with van der Waals surface area (Å²) in [6.45, 7) is 7.49. The van der Waals surface area contributed by atoms with Crippen molar-refractivity contribution in [3.8, 4) is 5.88 Å². The Kier molecular flexibility index (Phi) is 9.17. The van der Waals surface area contributed by atoms with E-state index in [0.29, 0.717) is 17.6 Å². The number of aromatic nitrogens is 2. The second kappa shape index (κ2) is 12.9. The fourth-order valence-electron chi connectivity index (χ4n) is 7.47. The fourth-order valence-corrected chi connectivity index (χ4v) is 7.47. The van der Waals surface area contributed by atoms with Crippen LogP contribution < -0.4 is 10.1 Å². The molecule has 12 heteroatoms. The summed E-state index contributed by atoms with van der Waals surface area (Å²) in [5.41, 5.74) is -0.579. The van der Waals surface area contributed by atoms with Crippen molar-refractivity contribution in [1.29, 1.82) is 0 Å². The SMILES string of the molecule is C[C@@H]1[C@@H]2CN(C(=O)[C@H](C(C)(C)C)NC(=O)O[C@@H]3CCC[C@H]3CCCCCc3nc4ccc(C(F)(F)F)cc4nc3O2)[C@@H]1C(=O)C1CC1. The van der Waals surface area contributed by atoms with Crippen LogP contribution in [0.25, 0.3) is 11.0 Å². The lowest BCUT2D eigenvalue weighted by Gasteiger charge is -2.36. The number of ketones is 1. The number of hydrogen-bond donors (Lipinski definition) is 1. The van der Waals surface area contributed by atoms with Gasteiger partial charge in [0.2, 0.25) is 11.8 Å². The molecule has 47 heavy (non-hydrogen) atoms. The number of halogens is 3. The standard InChI is InChI=1S/C35H45F3N4O5/c1-19-27-18-42(28(19)29(43)21-13-14-21)32(44)30(34(2,3)4)41-33(45)47-26-12-8-10-20(26)9-6-5-7-11-24-31(46-27)40-25-17-22(35(36,37)38)15-16-23(25)39-24/h15-17,19-21,26-28,30H,5-14,18H2,1-4H3,(H,41,45)/t19-,20-,26-,27+,28+,30-/m1/s1. The molecule has 0 radical (unpaired) electrons. The Morgan fingerprint density at radius 3 is 2.36 bits per heavy atom. The molecule has 3 heterocycles. The van der Waals surface area contributed by atoms with Crippen molar-refractivity contribution in [2.24, 2.45) is 23.2 Å². The lowest BCUT2D eigenvalue weighted by atomic mass is 9.85. The predicted octanol–water partition coefficient (Wildman–Crippen LogP) is 6.65. The number of alkyl carbamates (subject to hydrolysis) is 1. The van der Waals surface area contributed by atoms with Gasteiger partial charge in [-0.1, -0.05) is 40.5 Å². The number of alkyl halides is 3. The number of hydrogen-bond acceptors (Lipinski definition) is 7. The quantitative estimate of drug-likeness (QED) is 0.385. The summed E-state index contributed by atoms with van der Waals surface area (Å²) in [6, 6.07) is 1.57. The molecule has 2 amide bonds. The number of fused-ring (bicyclic) bond motifs is 5. The summed E-state index contributed by atoms with van der Waals surface area (Å²) in [7, 11) is 0. The number of nitrogens with zero attached hydrogens (tertiary/aromatic N) is 3. The Labute approximate surface area is 273 Å². The molecule has 4 aliphatic rings. The van der Waals surface area contributed by atoms with Gasteiger partial charge >= 0.3 is 12.3 Å². The lowest BCUT2D eigenvalue weighted by molar-refractivity contribution is -0.142. The van der Waals surface area contributed by atoms with E-state index in [1.807, 2.05) is 27.7 Å². The van der Waals surface area contributed by atoms with Gasteiger partial charge in [0.05, 0.1) is 29.2 Å². The van der Waals surface area contributed by atoms with Crippen molar-refractivity contribution in [3.63, 3.8) is 0 Å². The van der Waals surface area contributed by atoms with Crippen molar-refractivity contribution >= 4 is 28.8 Å². The molecular weight excluding hydrogens is 613 g/mol. The van der Waals surface area contributed by atoms with E-state index < -0.39 is 53.3 Å². The monoisotopic (exact) mass is 658 g/mol. The van der Waals surface area contributed by atoms with Crippen LogP contribution in [0.15, 0.2) is 18.2 Å². The fraction of sp³-hybridized carbons (Fsp3) is 0.686. The molecule has 6 atom stereocenters. The van der Waals surface area contributed by atoms with E-state index in [9.17, 15) is 27.6 Å². The van der Waals surface area contributed by atoms with Gasteiger partial charge in [0.1, 0.15) is 23.9 Å². The highest BCUT2D eigenvalue weighted by molar-refractivity contribution is 5.95. The zero-order chi connectivity index (χ0) is 33.7. The number of Topliss-reactive ketones (excluding diaryl/α,β-unsaturated/α-hetero) is 1. The number of nitrogens with one attached hydrogen (secondary N) is 1. The number of ether oxygens (including phenoxy) is 2. The van der Waals surface area contributed by atoms with Gasteiger partial charge in [-0.3, -0.25) is 9.59 Å². The summed E-state index contributed by atoms with van der Waals surface area (Å²) in [5.74, 6) is -0.646. The van der Waals surface area contributed by atoms with Gasteiger partial charge in [0.25, 0.3) is 0 Å². The van der Waals surface area contributed by atoms with Crippen molar-refractivity contribution in [2.45, 2.75) is 122 Å². The van der Waals surface area contributed by atoms with Crippen LogP contribution in [-0.4, -0.2) is 63.5 Å². The summed E-state index contributed by atoms with van der Waals surface area (Å²) in [5, 5.41) is 2.86. The summed E-state index contributed by atoms with van der Waals surface area (Å²) in [6.07, 6.45) is 2.11. The highest BCUT2D eigenvalue weighted by atomic mass is 19.4. The molecule has 256 valence electrons. The highest BCUT2D eigenvalue weighted by Crippen LogP contribution is 2.40. The zero-order valence-electron chi connectivity index (χ0n) is 27.6. The normalized spacial score (nSPS) is 29.6. The van der Waals surface area contributed by atoms with Crippen molar-refractivity contribution in [3.05, 3.63) is 29.5 Å². The third-order valence-electron chi connectivity index (χ3n) is 10.4. The minimum Gasteiger partial charge on any atom is -0.471 e. The first-order chi connectivity index (χ1) is 22.2. The minimum atomic E-state index is -4.54. The molecule has 1 aromatic carbocycles. The first-order valence-corrected chi connectivity index (χ1v) is 17.1. The number of rotatable bonds is 2. The number of carbonyl (C=O) groups is 3. The second-order valence-electron chi connectivity index (χ2n) is 15.0. The molecule has 1 N–H and O–H groups in total. The molecule has 2 bridgehead atoms. The summed E-state index contributed by atoms with van der Waals surface area (Å²) >= 11 is 0. The molecule has 2 aliphatic heterocycles. The first-order valence-electron chi connectivity index (χ1n) is 17.1. The Hall–Kier alpha value is -3.44. The second-order valence-corrected chi connectivity index (χ2v) is 15.0. The van der Waals surface area contributed by atoms with Gasteiger partial charge in [-0.2, -0.15) is 13.2 Å². The van der Waals surface area contributed by atoms with Crippen LogP contribution in [-0.2, 0) is 26.9 Å². The predicted molar refractivity (Wildman–Crippen MR) is 168 cm³/mol. The van der Waals surface area contributed by atoms with Crippen molar-refractivity contribution in [2.75, 3.05) is 6.54 Å². The number of carbonyl (C=O) groups excluding carboxylic acids is 3. The van der Waals surface area contributed by atoms with Crippen LogP contribution in [0.3, 0.4) is 0 Å². The van der Waals surface area contributed by atoms with Gasteiger partial charge in [-0.05, 0) is 80.9 Å². The van der Waals surface area contributed by atoms with Gasteiger partial charge in [-0.15, -0.1) is 0 Å². The van der Waals surface area contributed by atoms with E-state index in [-0.39, 0.29) is 41.7 Å². The number of amides is 2. The average Bonchev–Trinajstić information content (AvgIpc) is 3.68. The maximum absolute atomic E-state index is 14.4. The van der Waals surface area contributed by atoms with Gasteiger partial charge < -0.3 is 19.7 Å². The molecule has 9 nitrogen and oxygen atoms in total. The number of benzene rings is 1. The minimum absolute atomic E-state index is 0.0356. The maximum Gasteiger partial charge on any atom is 0.416 e. The van der Waals surface area contributed by atoms with Crippen molar-refractivity contribution in [1.82, 2.24) is 20.2 Å².